The third-order valence-corrected chi connectivity index (χ3v) is 14.3. The van der Waals surface area contributed by atoms with Crippen molar-refractivity contribution in [3.63, 3.8) is 0 Å². The van der Waals surface area contributed by atoms with Crippen LogP contribution < -0.4 is 5.32 Å². The molecule has 9 unspecified atom stereocenters. The van der Waals surface area contributed by atoms with Crippen molar-refractivity contribution in [3.05, 3.63) is 12.2 Å². The third-order valence-electron chi connectivity index (χ3n) is 14.3. The molecule has 1 heterocycles. The first-order chi connectivity index (χ1) is 33.2. The molecule has 1 amide bonds. The highest BCUT2D eigenvalue weighted by atomic mass is 16.7. The molecule has 9 atom stereocenters. The van der Waals surface area contributed by atoms with Gasteiger partial charge in [-0.1, -0.05) is 251 Å². The van der Waals surface area contributed by atoms with Crippen molar-refractivity contribution >= 4 is 5.91 Å². The Morgan fingerprint density at radius 3 is 1.26 bits per heavy atom. The minimum Gasteiger partial charge on any atom is -0.394 e. The van der Waals surface area contributed by atoms with E-state index in [2.05, 4.69) is 31.3 Å². The molecule has 0 aromatic rings. The van der Waals surface area contributed by atoms with Gasteiger partial charge >= 0.3 is 0 Å². The van der Waals surface area contributed by atoms with E-state index >= 15 is 0 Å². The molecule has 1 aliphatic heterocycles. The van der Waals surface area contributed by atoms with Gasteiger partial charge in [0.15, 0.2) is 6.29 Å². The van der Waals surface area contributed by atoms with Gasteiger partial charge in [0.1, 0.15) is 36.6 Å². The first kappa shape index (κ1) is 64.9. The van der Waals surface area contributed by atoms with Gasteiger partial charge < -0.3 is 50.5 Å². The van der Waals surface area contributed by atoms with Crippen LogP contribution in [0, 0.1) is 0 Å². The summed E-state index contributed by atoms with van der Waals surface area (Å²) in [4.78, 5) is 13.2. The van der Waals surface area contributed by atoms with E-state index in [1.165, 1.54) is 199 Å². The minimum atomic E-state index is -1.66. The smallest absolute Gasteiger partial charge is 0.249 e. The highest BCUT2D eigenvalue weighted by molar-refractivity contribution is 5.80. The largest absolute Gasteiger partial charge is 0.394 e. The number of carbonyl (C=O) groups excluding carboxylic acids is 1. The van der Waals surface area contributed by atoms with Crippen LogP contribution in [-0.4, -0.2) is 110 Å². The predicted molar refractivity (Wildman–Crippen MR) is 279 cm³/mol. The quantitative estimate of drug-likeness (QED) is 0.0215. The van der Waals surface area contributed by atoms with E-state index < -0.39 is 74.2 Å². The van der Waals surface area contributed by atoms with E-state index in [0.717, 1.165) is 38.5 Å². The molecular weight excluding hydrogens is 859 g/mol. The maximum atomic E-state index is 13.2. The number of amides is 1. The van der Waals surface area contributed by atoms with E-state index in [-0.39, 0.29) is 12.8 Å². The van der Waals surface area contributed by atoms with Crippen LogP contribution in [-0.2, 0) is 14.3 Å². The molecular formula is C57H111NO10. The number of allylic oxidation sites excluding steroid dienone is 2. The summed E-state index contributed by atoms with van der Waals surface area (Å²) in [5.74, 6) is -0.701. The van der Waals surface area contributed by atoms with Crippen LogP contribution in [0.3, 0.4) is 0 Å². The Morgan fingerprint density at radius 1 is 0.500 bits per heavy atom. The van der Waals surface area contributed by atoms with Crippen LogP contribution in [0.1, 0.15) is 277 Å². The Labute approximate surface area is 417 Å². The Hall–Kier alpha value is -1.15. The summed E-state index contributed by atoms with van der Waals surface area (Å²) in [6.45, 7) is 3.48. The molecule has 1 aliphatic rings. The first-order valence-corrected chi connectivity index (χ1v) is 29.1. The monoisotopic (exact) mass is 970 g/mol. The average Bonchev–Trinajstić information content (AvgIpc) is 3.34. The van der Waals surface area contributed by atoms with Crippen molar-refractivity contribution in [3.8, 4) is 0 Å². The molecule has 404 valence electrons. The van der Waals surface area contributed by atoms with E-state index in [0.29, 0.717) is 12.8 Å². The van der Waals surface area contributed by atoms with Crippen LogP contribution in [0.5, 0.6) is 0 Å². The van der Waals surface area contributed by atoms with E-state index in [4.69, 9.17) is 9.47 Å². The standard InChI is InChI=1S/C57H111NO10/c1-3-5-7-9-11-13-15-17-19-21-23-24-25-27-28-30-32-34-36-38-40-42-44-49(60)52(62)48(47-67-57-55(65)54(64)53(63)51(46-59)68-57)58-56(66)50(61)45-43-41-39-37-35-33-31-29-26-22-20-18-16-14-12-10-8-6-4-2/h36,38,48-55,57,59-65H,3-35,37,39-47H2,1-2H3,(H,58,66)/b38-36+. The molecule has 11 nitrogen and oxygen atoms in total. The molecule has 0 bridgehead atoms. The molecule has 0 aromatic carbocycles. The Kier molecular flexibility index (Phi) is 44.7. The molecule has 0 aromatic heterocycles. The number of aliphatic hydroxyl groups excluding tert-OH is 7. The lowest BCUT2D eigenvalue weighted by atomic mass is 9.98. The maximum Gasteiger partial charge on any atom is 0.249 e. The SMILES string of the molecule is CCCCCCCCCCCCCCCCCCC/C=C/CCCC(O)C(O)C(COC1OC(CO)C(O)C(O)C1O)NC(=O)C(O)CCCCCCCCCCCCCCCCCCCCC. The van der Waals surface area contributed by atoms with Gasteiger partial charge in [-0.05, 0) is 38.5 Å². The molecule has 0 spiro atoms. The number of nitrogens with one attached hydrogen (secondary N) is 1. The highest BCUT2D eigenvalue weighted by Crippen LogP contribution is 2.23. The lowest BCUT2D eigenvalue weighted by Crippen LogP contribution is -2.60. The molecule has 1 fully saturated rings. The summed E-state index contributed by atoms with van der Waals surface area (Å²) in [6.07, 6.45) is 42.7. The second-order valence-corrected chi connectivity index (χ2v) is 20.7. The Balaban J connectivity index is 2.33. The second-order valence-electron chi connectivity index (χ2n) is 20.7. The van der Waals surface area contributed by atoms with E-state index in [1.54, 1.807) is 0 Å². The van der Waals surface area contributed by atoms with Crippen molar-refractivity contribution in [2.45, 2.75) is 332 Å². The molecule has 1 rings (SSSR count). The average molecular weight is 971 g/mol. The fourth-order valence-electron chi connectivity index (χ4n) is 9.56. The van der Waals surface area contributed by atoms with Gasteiger partial charge in [-0.2, -0.15) is 0 Å². The summed E-state index contributed by atoms with van der Waals surface area (Å²) >= 11 is 0. The molecule has 11 heteroatoms. The zero-order valence-electron chi connectivity index (χ0n) is 44.1. The summed E-state index contributed by atoms with van der Waals surface area (Å²) < 4.78 is 11.1. The fraction of sp³-hybridized carbons (Fsp3) is 0.947. The van der Waals surface area contributed by atoms with Gasteiger partial charge in [0.05, 0.1) is 25.4 Å². The normalized spacial score (nSPS) is 20.5. The molecule has 8 N–H and O–H groups in total. The maximum absolute atomic E-state index is 13.2. The van der Waals surface area contributed by atoms with E-state index in [9.17, 15) is 40.5 Å². The Morgan fingerprint density at radius 2 is 0.868 bits per heavy atom. The van der Waals surface area contributed by atoms with Gasteiger partial charge in [-0.15, -0.1) is 0 Å². The number of hydrogen-bond acceptors (Lipinski definition) is 10. The van der Waals surface area contributed by atoms with Gasteiger partial charge in [0.2, 0.25) is 5.91 Å². The lowest BCUT2D eigenvalue weighted by molar-refractivity contribution is -0.303. The van der Waals surface area contributed by atoms with Gasteiger partial charge in [0.25, 0.3) is 0 Å². The minimum absolute atomic E-state index is 0.259. The van der Waals surface area contributed by atoms with Crippen molar-refractivity contribution in [1.29, 1.82) is 0 Å². The Bertz CT molecular complexity index is 1110. The van der Waals surface area contributed by atoms with Crippen LogP contribution >= 0.6 is 0 Å². The van der Waals surface area contributed by atoms with Crippen molar-refractivity contribution in [2.75, 3.05) is 13.2 Å². The zero-order chi connectivity index (χ0) is 49.7. The molecule has 0 saturated carbocycles. The van der Waals surface area contributed by atoms with Gasteiger partial charge in [-0.3, -0.25) is 4.79 Å². The number of hydrogen-bond donors (Lipinski definition) is 8. The number of rotatable bonds is 50. The number of carbonyl (C=O) groups is 1. The molecule has 1 saturated heterocycles. The first-order valence-electron chi connectivity index (χ1n) is 29.1. The summed E-state index contributed by atoms with van der Waals surface area (Å²) in [6, 6.07) is -1.18. The number of unbranched alkanes of at least 4 members (excludes halogenated alkanes) is 36. The van der Waals surface area contributed by atoms with Crippen molar-refractivity contribution in [2.24, 2.45) is 0 Å². The third kappa shape index (κ3) is 35.1. The van der Waals surface area contributed by atoms with Crippen LogP contribution in [0.4, 0.5) is 0 Å². The summed E-state index contributed by atoms with van der Waals surface area (Å²) in [5.41, 5.74) is 0. The molecule has 0 radical (unpaired) electrons. The topological polar surface area (TPSA) is 189 Å². The summed E-state index contributed by atoms with van der Waals surface area (Å²) in [7, 11) is 0. The van der Waals surface area contributed by atoms with E-state index in [1.807, 2.05) is 0 Å². The summed E-state index contributed by atoms with van der Waals surface area (Å²) in [5, 5.41) is 76.1. The zero-order valence-corrected chi connectivity index (χ0v) is 44.1. The van der Waals surface area contributed by atoms with Crippen LogP contribution in [0.15, 0.2) is 12.2 Å². The molecule has 0 aliphatic carbocycles. The predicted octanol–water partition coefficient (Wildman–Crippen LogP) is 12.0. The fourth-order valence-corrected chi connectivity index (χ4v) is 9.56. The van der Waals surface area contributed by atoms with Crippen LogP contribution in [0.2, 0.25) is 0 Å². The lowest BCUT2D eigenvalue weighted by Gasteiger charge is -2.40. The number of aliphatic hydroxyl groups is 7. The van der Waals surface area contributed by atoms with Crippen molar-refractivity contribution < 1.29 is 50.0 Å². The van der Waals surface area contributed by atoms with Crippen LogP contribution in [0.25, 0.3) is 0 Å². The van der Waals surface area contributed by atoms with Gasteiger partial charge in [-0.25, -0.2) is 0 Å². The second kappa shape index (κ2) is 46.9. The number of ether oxygens (including phenoxy) is 2. The van der Waals surface area contributed by atoms with Gasteiger partial charge in [0, 0.05) is 0 Å². The highest BCUT2D eigenvalue weighted by Gasteiger charge is 2.44. The van der Waals surface area contributed by atoms with Crippen molar-refractivity contribution in [1.82, 2.24) is 5.32 Å². The molecule has 68 heavy (non-hydrogen) atoms.